The van der Waals surface area contributed by atoms with Crippen LogP contribution < -0.4 is 14.8 Å². The normalized spacial score (nSPS) is 14.5. The molecule has 0 saturated carbocycles. The van der Waals surface area contributed by atoms with Gasteiger partial charge < -0.3 is 24.4 Å². The highest BCUT2D eigenvalue weighted by atomic mass is 16.5. The number of methoxy groups -OCH3 is 1. The number of rotatable bonds is 7. The number of nitriles is 1. The van der Waals surface area contributed by atoms with Crippen molar-refractivity contribution in [2.75, 3.05) is 32.2 Å². The van der Waals surface area contributed by atoms with Gasteiger partial charge in [0.25, 0.3) is 0 Å². The fraction of sp³-hybridized carbons (Fsp3) is 0.333. The summed E-state index contributed by atoms with van der Waals surface area (Å²) in [6.45, 7) is 13.0. The van der Waals surface area contributed by atoms with E-state index < -0.39 is 11.9 Å². The summed E-state index contributed by atoms with van der Waals surface area (Å²) in [5, 5.41) is 12.6. The van der Waals surface area contributed by atoms with Crippen molar-refractivity contribution in [1.29, 1.82) is 5.26 Å². The highest BCUT2D eigenvalue weighted by Crippen LogP contribution is 2.49. The van der Waals surface area contributed by atoms with Crippen molar-refractivity contribution < 1.29 is 19.0 Å². The van der Waals surface area contributed by atoms with Gasteiger partial charge in [-0.2, -0.15) is 5.26 Å². The zero-order chi connectivity index (χ0) is 23.3. The van der Waals surface area contributed by atoms with E-state index in [4.69, 9.17) is 20.8 Å². The van der Waals surface area contributed by atoms with Gasteiger partial charge in [-0.15, -0.1) is 0 Å². The first kappa shape index (κ1) is 22.6. The van der Waals surface area contributed by atoms with Gasteiger partial charge in [-0.25, -0.2) is 16.4 Å². The Morgan fingerprint density at radius 1 is 1.38 bits per heavy atom. The predicted octanol–water partition coefficient (Wildman–Crippen LogP) is 3.96. The van der Waals surface area contributed by atoms with Crippen molar-refractivity contribution >= 4 is 11.7 Å². The number of fused-ring (bicyclic) bond motifs is 1. The number of anilines is 1. The van der Waals surface area contributed by atoms with E-state index in [0.29, 0.717) is 46.2 Å². The van der Waals surface area contributed by atoms with Crippen LogP contribution >= 0.6 is 0 Å². The molecule has 1 unspecified atom stereocenters. The zero-order valence-corrected chi connectivity index (χ0v) is 18.5. The summed E-state index contributed by atoms with van der Waals surface area (Å²) in [5.74, 6) is -0.283. The Bertz CT molecular complexity index is 1160. The Morgan fingerprint density at radius 3 is 2.81 bits per heavy atom. The molecular weight excluding hydrogens is 408 g/mol. The van der Waals surface area contributed by atoms with Crippen LogP contribution in [0.1, 0.15) is 42.0 Å². The Labute approximate surface area is 187 Å². The number of carbonyl (C=O) groups excluding carboxylic acids is 1. The average molecular weight is 432 g/mol. The van der Waals surface area contributed by atoms with Gasteiger partial charge in [-0.1, -0.05) is 6.07 Å². The van der Waals surface area contributed by atoms with Crippen molar-refractivity contribution in [3.8, 4) is 17.7 Å². The first-order valence-electron chi connectivity index (χ1n) is 10.1. The number of allylic oxidation sites excluding steroid dienone is 1. The minimum Gasteiger partial charge on any atom is -0.496 e. The van der Waals surface area contributed by atoms with Crippen LogP contribution in [0.25, 0.3) is 4.85 Å². The van der Waals surface area contributed by atoms with Gasteiger partial charge in [-0.05, 0) is 38.5 Å². The van der Waals surface area contributed by atoms with Crippen molar-refractivity contribution in [3.63, 3.8) is 0 Å². The van der Waals surface area contributed by atoms with Crippen LogP contribution in [0, 0.1) is 24.8 Å². The van der Waals surface area contributed by atoms with Crippen molar-refractivity contribution in [2.45, 2.75) is 26.7 Å². The SMILES string of the molecule is [C-]#[N+]CCOC(=O)C1=C(C)Nc2c(C)cnc(OCC)c2C1c1ccc(C#N)cc1OC. The lowest BCUT2D eigenvalue weighted by atomic mass is 9.79. The third kappa shape index (κ3) is 4.21. The topological polar surface area (TPSA) is 97.8 Å². The third-order valence-electron chi connectivity index (χ3n) is 5.17. The number of carbonyl (C=O) groups is 1. The summed E-state index contributed by atoms with van der Waals surface area (Å²) in [4.78, 5) is 20.9. The monoisotopic (exact) mass is 432 g/mol. The minimum atomic E-state index is -0.608. The summed E-state index contributed by atoms with van der Waals surface area (Å²) < 4.78 is 16.8. The van der Waals surface area contributed by atoms with Gasteiger partial charge in [-0.3, -0.25) is 0 Å². The fourth-order valence-electron chi connectivity index (χ4n) is 3.77. The van der Waals surface area contributed by atoms with Crippen LogP contribution in [0.5, 0.6) is 11.6 Å². The molecule has 1 atom stereocenters. The second kappa shape index (κ2) is 9.84. The lowest BCUT2D eigenvalue weighted by Crippen LogP contribution is -2.26. The van der Waals surface area contributed by atoms with Crippen molar-refractivity contribution in [2.24, 2.45) is 0 Å². The molecule has 0 amide bonds. The first-order valence-corrected chi connectivity index (χ1v) is 10.1. The fourth-order valence-corrected chi connectivity index (χ4v) is 3.77. The Kier molecular flexibility index (Phi) is 6.97. The van der Waals surface area contributed by atoms with E-state index in [1.54, 1.807) is 31.3 Å². The molecule has 0 radical (unpaired) electrons. The van der Waals surface area contributed by atoms with Crippen molar-refractivity contribution in [3.05, 3.63) is 69.3 Å². The molecule has 0 aliphatic carbocycles. The molecule has 1 N–H and O–H groups in total. The minimum absolute atomic E-state index is 0.00637. The van der Waals surface area contributed by atoms with Crippen LogP contribution in [0.4, 0.5) is 5.69 Å². The summed E-state index contributed by atoms with van der Waals surface area (Å²) >= 11 is 0. The number of pyridine rings is 1. The van der Waals surface area contributed by atoms with E-state index in [1.807, 2.05) is 13.8 Å². The summed E-state index contributed by atoms with van der Waals surface area (Å²) in [7, 11) is 1.52. The molecule has 164 valence electrons. The lowest BCUT2D eigenvalue weighted by Gasteiger charge is -2.32. The number of nitrogens with zero attached hydrogens (tertiary/aromatic N) is 3. The first-order chi connectivity index (χ1) is 15.5. The third-order valence-corrected chi connectivity index (χ3v) is 5.17. The maximum absolute atomic E-state index is 13.2. The Balaban J connectivity index is 2.28. The molecule has 1 aromatic carbocycles. The van der Waals surface area contributed by atoms with Crippen LogP contribution in [0.3, 0.4) is 0 Å². The number of ether oxygens (including phenoxy) is 3. The van der Waals surface area contributed by atoms with E-state index in [9.17, 15) is 10.1 Å². The second-order valence-electron chi connectivity index (χ2n) is 7.15. The standard InChI is InChI=1S/C24H24N4O4/c1-6-31-23-21-20(17-8-7-16(12-25)11-18(17)30-5)19(24(29)32-10-9-26-4)15(3)28-22(21)14(2)13-27-23/h7-8,11,13,20,28H,6,9-10H2,1-3,5H3. The number of esters is 1. The van der Waals surface area contributed by atoms with Crippen LogP contribution in [-0.2, 0) is 9.53 Å². The average Bonchev–Trinajstić information content (AvgIpc) is 2.80. The predicted molar refractivity (Wildman–Crippen MR) is 118 cm³/mol. The van der Waals surface area contributed by atoms with Gasteiger partial charge >= 0.3 is 5.97 Å². The number of aromatic nitrogens is 1. The largest absolute Gasteiger partial charge is 0.496 e. The molecule has 8 heteroatoms. The molecule has 0 bridgehead atoms. The summed E-state index contributed by atoms with van der Waals surface area (Å²) in [6.07, 6.45) is 1.72. The van der Waals surface area contributed by atoms with Crippen LogP contribution in [0.2, 0.25) is 0 Å². The maximum atomic E-state index is 13.2. The molecule has 0 spiro atoms. The van der Waals surface area contributed by atoms with E-state index in [2.05, 4.69) is 21.2 Å². The molecule has 0 saturated heterocycles. The van der Waals surface area contributed by atoms with Gasteiger partial charge in [0.05, 0.1) is 48.1 Å². The van der Waals surface area contributed by atoms with Crippen LogP contribution in [-0.4, -0.2) is 37.8 Å². The molecule has 2 heterocycles. The van der Waals surface area contributed by atoms with Gasteiger partial charge in [0.15, 0.2) is 6.61 Å². The number of benzene rings is 1. The number of hydrogen-bond acceptors (Lipinski definition) is 7. The van der Waals surface area contributed by atoms with E-state index in [1.165, 1.54) is 7.11 Å². The highest BCUT2D eigenvalue weighted by Gasteiger charge is 2.38. The number of hydrogen-bond donors (Lipinski definition) is 1. The van der Waals surface area contributed by atoms with Gasteiger partial charge in [0.1, 0.15) is 5.75 Å². The Hall–Kier alpha value is -4.04. The molecule has 32 heavy (non-hydrogen) atoms. The molecular formula is C24H24N4O4. The quantitative estimate of drug-likeness (QED) is 0.402. The van der Waals surface area contributed by atoms with Crippen molar-refractivity contribution in [1.82, 2.24) is 4.98 Å². The van der Waals surface area contributed by atoms with E-state index >= 15 is 0 Å². The smallest absolute Gasteiger partial charge is 0.337 e. The Morgan fingerprint density at radius 2 is 2.16 bits per heavy atom. The lowest BCUT2D eigenvalue weighted by molar-refractivity contribution is -0.138. The van der Waals surface area contributed by atoms with E-state index in [0.717, 1.165) is 11.3 Å². The van der Waals surface area contributed by atoms with Crippen LogP contribution in [0.15, 0.2) is 35.7 Å². The zero-order valence-electron chi connectivity index (χ0n) is 18.5. The molecule has 3 rings (SSSR count). The van der Waals surface area contributed by atoms with E-state index in [-0.39, 0.29) is 13.2 Å². The molecule has 2 aromatic rings. The highest BCUT2D eigenvalue weighted by molar-refractivity contribution is 5.95. The molecule has 1 aliphatic rings. The molecule has 0 fully saturated rings. The second-order valence-corrected chi connectivity index (χ2v) is 7.15. The van der Waals surface area contributed by atoms with Gasteiger partial charge in [0.2, 0.25) is 12.4 Å². The number of nitrogens with one attached hydrogen (secondary N) is 1. The summed E-state index contributed by atoms with van der Waals surface area (Å²) in [6, 6.07) is 7.20. The molecule has 1 aliphatic heterocycles. The maximum Gasteiger partial charge on any atom is 0.337 e. The molecule has 1 aromatic heterocycles. The summed E-state index contributed by atoms with van der Waals surface area (Å²) in [5.41, 5.74) is 4.50. The molecule has 8 nitrogen and oxygen atoms in total. The number of aryl methyl sites for hydroxylation is 1. The van der Waals surface area contributed by atoms with Gasteiger partial charge in [0, 0.05) is 17.5 Å².